The number of urea groups is 1. The van der Waals surface area contributed by atoms with E-state index in [0.717, 1.165) is 52.0 Å². The SMILES string of the molecule is Cc1cc(C(=O)CN2C(=O)NC(C)(c3ccc4c(c3)CCC4)C2=O)c(C)c(C)c1C. The first kappa shape index (κ1) is 20.3. The number of ketones is 1. The molecule has 4 rings (SSSR count). The van der Waals surface area contributed by atoms with Crippen LogP contribution in [-0.2, 0) is 23.2 Å². The van der Waals surface area contributed by atoms with Gasteiger partial charge in [-0.2, -0.15) is 0 Å². The van der Waals surface area contributed by atoms with E-state index in [2.05, 4.69) is 11.4 Å². The van der Waals surface area contributed by atoms with E-state index in [1.165, 1.54) is 11.1 Å². The smallest absolute Gasteiger partial charge is 0.319 e. The molecule has 3 amide bonds. The molecule has 156 valence electrons. The second-order valence-corrected chi connectivity index (χ2v) is 8.82. The monoisotopic (exact) mass is 404 g/mol. The number of carbonyl (C=O) groups is 3. The van der Waals surface area contributed by atoms with E-state index < -0.39 is 11.6 Å². The predicted molar refractivity (Wildman–Crippen MR) is 116 cm³/mol. The summed E-state index contributed by atoms with van der Waals surface area (Å²) in [5, 5.41) is 2.83. The Kier molecular flexibility index (Phi) is 4.80. The lowest BCUT2D eigenvalue weighted by molar-refractivity contribution is -0.130. The number of hydrogen-bond acceptors (Lipinski definition) is 3. The fourth-order valence-corrected chi connectivity index (χ4v) is 4.65. The lowest BCUT2D eigenvalue weighted by atomic mass is 9.89. The summed E-state index contributed by atoms with van der Waals surface area (Å²) < 4.78 is 0. The highest BCUT2D eigenvalue weighted by Crippen LogP contribution is 2.33. The number of benzene rings is 2. The average Bonchev–Trinajstić information content (AvgIpc) is 3.27. The van der Waals surface area contributed by atoms with Crippen molar-refractivity contribution in [1.29, 1.82) is 0 Å². The standard InChI is InChI=1S/C25H28N2O3/c1-14-11-21(17(4)16(3)15(14)2)22(28)13-27-23(29)25(5,26-24(27)30)20-10-9-18-7-6-8-19(18)12-20/h9-12H,6-8,13H2,1-5H3,(H,26,30). The van der Waals surface area contributed by atoms with Gasteiger partial charge in [-0.25, -0.2) is 4.79 Å². The lowest BCUT2D eigenvalue weighted by Gasteiger charge is -2.23. The Hall–Kier alpha value is -2.95. The van der Waals surface area contributed by atoms with Crippen LogP contribution in [0.3, 0.4) is 0 Å². The number of nitrogens with one attached hydrogen (secondary N) is 1. The third-order valence-electron chi connectivity index (χ3n) is 7.03. The molecule has 1 aliphatic carbocycles. The zero-order valence-electron chi connectivity index (χ0n) is 18.3. The minimum Gasteiger partial charge on any atom is -0.319 e. The van der Waals surface area contributed by atoms with Gasteiger partial charge in [0.1, 0.15) is 5.54 Å². The highest BCUT2D eigenvalue weighted by molar-refractivity contribution is 6.11. The molecule has 1 heterocycles. The van der Waals surface area contributed by atoms with Gasteiger partial charge in [-0.05, 0) is 98.9 Å². The van der Waals surface area contributed by atoms with Gasteiger partial charge in [-0.1, -0.05) is 18.2 Å². The van der Waals surface area contributed by atoms with Crippen LogP contribution in [0.2, 0.25) is 0 Å². The number of imide groups is 1. The van der Waals surface area contributed by atoms with Gasteiger partial charge in [-0.15, -0.1) is 0 Å². The van der Waals surface area contributed by atoms with Crippen LogP contribution in [0.1, 0.15) is 62.6 Å². The van der Waals surface area contributed by atoms with E-state index in [0.29, 0.717) is 5.56 Å². The molecule has 2 aromatic rings. The second kappa shape index (κ2) is 7.08. The summed E-state index contributed by atoms with van der Waals surface area (Å²) in [5.41, 5.74) is 6.90. The Morgan fingerprint density at radius 1 is 1.00 bits per heavy atom. The highest BCUT2D eigenvalue weighted by Gasteiger charge is 2.49. The summed E-state index contributed by atoms with van der Waals surface area (Å²) >= 11 is 0. The minimum absolute atomic E-state index is 0.222. The van der Waals surface area contributed by atoms with Gasteiger partial charge in [-0.3, -0.25) is 14.5 Å². The Morgan fingerprint density at radius 2 is 1.70 bits per heavy atom. The molecule has 2 aliphatic rings. The Labute approximate surface area is 177 Å². The summed E-state index contributed by atoms with van der Waals surface area (Å²) in [5.74, 6) is -0.600. The van der Waals surface area contributed by atoms with Crippen LogP contribution in [0.15, 0.2) is 24.3 Å². The van der Waals surface area contributed by atoms with Crippen molar-refractivity contribution in [3.63, 3.8) is 0 Å². The summed E-state index contributed by atoms with van der Waals surface area (Å²) in [4.78, 5) is 40.1. The summed E-state index contributed by atoms with van der Waals surface area (Å²) in [6.07, 6.45) is 3.17. The fourth-order valence-electron chi connectivity index (χ4n) is 4.65. The van der Waals surface area contributed by atoms with E-state index in [-0.39, 0.29) is 18.2 Å². The number of rotatable bonds is 4. The molecule has 0 saturated carbocycles. The van der Waals surface area contributed by atoms with Crippen molar-refractivity contribution in [1.82, 2.24) is 10.2 Å². The van der Waals surface area contributed by atoms with Gasteiger partial charge in [0.05, 0.1) is 6.54 Å². The van der Waals surface area contributed by atoms with Crippen LogP contribution in [0, 0.1) is 27.7 Å². The summed E-state index contributed by atoms with van der Waals surface area (Å²) in [6, 6.07) is 7.34. The highest BCUT2D eigenvalue weighted by atomic mass is 16.2. The van der Waals surface area contributed by atoms with Gasteiger partial charge in [0, 0.05) is 5.56 Å². The van der Waals surface area contributed by atoms with Crippen LogP contribution >= 0.6 is 0 Å². The van der Waals surface area contributed by atoms with Crippen LogP contribution in [0.25, 0.3) is 0 Å². The molecule has 5 heteroatoms. The van der Waals surface area contributed by atoms with Crippen molar-refractivity contribution < 1.29 is 14.4 Å². The first-order valence-corrected chi connectivity index (χ1v) is 10.5. The molecular formula is C25H28N2O3. The van der Waals surface area contributed by atoms with Gasteiger partial charge < -0.3 is 5.32 Å². The molecule has 1 N–H and O–H groups in total. The summed E-state index contributed by atoms with van der Waals surface area (Å²) in [7, 11) is 0. The van der Waals surface area contributed by atoms with Gasteiger partial charge >= 0.3 is 6.03 Å². The van der Waals surface area contributed by atoms with Crippen LogP contribution in [0.4, 0.5) is 4.79 Å². The quantitative estimate of drug-likeness (QED) is 0.617. The largest absolute Gasteiger partial charge is 0.325 e. The maximum Gasteiger partial charge on any atom is 0.325 e. The lowest BCUT2D eigenvalue weighted by Crippen LogP contribution is -2.41. The Bertz CT molecular complexity index is 1100. The third kappa shape index (κ3) is 3.04. The van der Waals surface area contributed by atoms with Crippen molar-refractivity contribution in [2.24, 2.45) is 0 Å². The van der Waals surface area contributed by atoms with Crippen molar-refractivity contribution in [2.45, 2.75) is 59.4 Å². The normalized spacial score (nSPS) is 20.5. The van der Waals surface area contributed by atoms with Crippen LogP contribution in [0.5, 0.6) is 0 Å². The van der Waals surface area contributed by atoms with Crippen molar-refractivity contribution in [3.8, 4) is 0 Å². The van der Waals surface area contributed by atoms with Gasteiger partial charge in [0.15, 0.2) is 5.78 Å². The fraction of sp³-hybridized carbons (Fsp3) is 0.400. The first-order chi connectivity index (χ1) is 14.1. The number of aryl methyl sites for hydroxylation is 3. The minimum atomic E-state index is -1.15. The number of nitrogens with zero attached hydrogens (tertiary/aromatic N) is 1. The first-order valence-electron chi connectivity index (χ1n) is 10.5. The third-order valence-corrected chi connectivity index (χ3v) is 7.03. The van der Waals surface area contributed by atoms with Gasteiger partial charge in [0.25, 0.3) is 5.91 Å². The van der Waals surface area contributed by atoms with Crippen molar-refractivity contribution >= 4 is 17.7 Å². The predicted octanol–water partition coefficient (Wildman–Crippen LogP) is 4.06. The molecule has 0 radical (unpaired) electrons. The zero-order valence-corrected chi connectivity index (χ0v) is 18.3. The van der Waals surface area contributed by atoms with E-state index in [1.807, 2.05) is 45.9 Å². The van der Waals surface area contributed by atoms with E-state index >= 15 is 0 Å². The average molecular weight is 405 g/mol. The molecule has 2 aromatic carbocycles. The molecule has 0 spiro atoms. The summed E-state index contributed by atoms with van der Waals surface area (Å²) in [6.45, 7) is 9.37. The van der Waals surface area contributed by atoms with Crippen molar-refractivity contribution in [2.75, 3.05) is 6.54 Å². The van der Waals surface area contributed by atoms with Crippen molar-refractivity contribution in [3.05, 3.63) is 68.8 Å². The molecule has 30 heavy (non-hydrogen) atoms. The molecule has 0 aromatic heterocycles. The maximum absolute atomic E-state index is 13.3. The topological polar surface area (TPSA) is 66.5 Å². The molecule has 5 nitrogen and oxygen atoms in total. The van der Waals surface area contributed by atoms with E-state index in [4.69, 9.17) is 0 Å². The molecular weight excluding hydrogens is 376 g/mol. The second-order valence-electron chi connectivity index (χ2n) is 8.82. The van der Waals surface area contributed by atoms with Gasteiger partial charge in [0.2, 0.25) is 0 Å². The molecule has 1 fully saturated rings. The number of hydrogen-bond donors (Lipinski definition) is 1. The van der Waals surface area contributed by atoms with Crippen LogP contribution < -0.4 is 5.32 Å². The molecule has 1 unspecified atom stereocenters. The molecule has 1 atom stereocenters. The Balaban J connectivity index is 1.62. The maximum atomic E-state index is 13.3. The number of fused-ring (bicyclic) bond motifs is 1. The number of Topliss-reactive ketones (excluding diaryl/α,β-unsaturated/α-hetero) is 1. The number of amides is 3. The molecule has 0 bridgehead atoms. The zero-order chi connectivity index (χ0) is 21.8. The molecule has 1 saturated heterocycles. The molecule has 1 aliphatic heterocycles. The van der Waals surface area contributed by atoms with Crippen LogP contribution in [-0.4, -0.2) is 29.2 Å². The van der Waals surface area contributed by atoms with E-state index in [9.17, 15) is 14.4 Å². The van der Waals surface area contributed by atoms with E-state index in [1.54, 1.807) is 6.92 Å². The Morgan fingerprint density at radius 3 is 2.43 bits per heavy atom. The number of carbonyl (C=O) groups excluding carboxylic acids is 3.